The maximum Gasteiger partial charge on any atom is 0.311 e. The van der Waals surface area contributed by atoms with Gasteiger partial charge in [0, 0.05) is 25.8 Å². The minimum atomic E-state index is -0.911. The number of nitrogens with zero attached hydrogens (tertiary/aromatic N) is 1. The van der Waals surface area contributed by atoms with Gasteiger partial charge >= 0.3 is 5.97 Å². The first-order chi connectivity index (χ1) is 16.0. The third-order valence-electron chi connectivity index (χ3n) is 7.17. The Hall–Kier alpha value is -2.21. The fourth-order valence-electron chi connectivity index (χ4n) is 4.91. The van der Waals surface area contributed by atoms with Crippen molar-refractivity contribution in [1.29, 1.82) is 0 Å². The molecule has 0 aliphatic carbocycles. The molecule has 0 spiro atoms. The summed E-state index contributed by atoms with van der Waals surface area (Å²) in [6.45, 7) is 12.9. The fraction of sp³-hybridized carbons (Fsp3) is 0.552. The van der Waals surface area contributed by atoms with Gasteiger partial charge in [-0.25, -0.2) is 0 Å². The van der Waals surface area contributed by atoms with E-state index in [-0.39, 0.29) is 17.3 Å². The lowest BCUT2D eigenvalue weighted by molar-refractivity contribution is -0.160. The van der Waals surface area contributed by atoms with Gasteiger partial charge in [0.05, 0.1) is 5.92 Å². The summed E-state index contributed by atoms with van der Waals surface area (Å²) in [4.78, 5) is 15.5. The van der Waals surface area contributed by atoms with Crippen molar-refractivity contribution in [2.24, 2.45) is 11.8 Å². The van der Waals surface area contributed by atoms with Crippen molar-refractivity contribution < 1.29 is 19.4 Å². The summed E-state index contributed by atoms with van der Waals surface area (Å²) >= 11 is 0. The van der Waals surface area contributed by atoms with Gasteiger partial charge in [-0.3, -0.25) is 4.79 Å². The molecule has 34 heavy (non-hydrogen) atoms. The molecule has 0 bridgehead atoms. The van der Waals surface area contributed by atoms with Crippen molar-refractivity contribution in [1.82, 2.24) is 4.90 Å². The zero-order chi connectivity index (χ0) is 24.9. The molecule has 1 unspecified atom stereocenters. The first-order valence-electron chi connectivity index (χ1n) is 12.3. The second-order valence-corrected chi connectivity index (χ2v) is 11.0. The van der Waals surface area contributed by atoms with Gasteiger partial charge in [0.2, 0.25) is 0 Å². The van der Waals surface area contributed by atoms with Crippen molar-refractivity contribution in [2.45, 2.75) is 64.8 Å². The lowest BCUT2D eigenvalue weighted by atomic mass is 9.67. The van der Waals surface area contributed by atoms with Crippen LogP contribution in [0, 0.1) is 11.8 Å². The number of esters is 1. The highest BCUT2D eigenvalue weighted by Gasteiger charge is 2.39. The third-order valence-corrected chi connectivity index (χ3v) is 7.17. The number of carbonyl (C=O) groups is 1. The highest BCUT2D eigenvalue weighted by atomic mass is 16.6. The second kappa shape index (κ2) is 11.0. The Kier molecular flexibility index (Phi) is 8.56. The molecule has 5 heteroatoms. The molecule has 1 fully saturated rings. The van der Waals surface area contributed by atoms with Gasteiger partial charge in [-0.05, 0) is 62.6 Å². The SMILES string of the molecule is COC(O)c1cccc([C@]2(C)CCN(C[C@H](Cc3ccccc3)C(=O)OC(C)(C)C)C[C@@H]2C)c1. The number of hydrogen-bond acceptors (Lipinski definition) is 5. The lowest BCUT2D eigenvalue weighted by Crippen LogP contribution is -2.49. The molecule has 0 amide bonds. The first-order valence-corrected chi connectivity index (χ1v) is 12.3. The lowest BCUT2D eigenvalue weighted by Gasteiger charge is -2.46. The summed E-state index contributed by atoms with van der Waals surface area (Å²) in [7, 11) is 1.51. The Labute approximate surface area is 205 Å². The van der Waals surface area contributed by atoms with Gasteiger partial charge in [-0.15, -0.1) is 0 Å². The number of methoxy groups -OCH3 is 1. The quantitative estimate of drug-likeness (QED) is 0.431. The minimum absolute atomic E-state index is 0.0131. The highest BCUT2D eigenvalue weighted by molar-refractivity contribution is 5.73. The van der Waals surface area contributed by atoms with E-state index in [1.807, 2.05) is 51.1 Å². The number of aliphatic hydroxyl groups excluding tert-OH is 1. The van der Waals surface area contributed by atoms with E-state index in [0.29, 0.717) is 18.9 Å². The van der Waals surface area contributed by atoms with Crippen molar-refractivity contribution in [3.8, 4) is 0 Å². The van der Waals surface area contributed by atoms with E-state index in [9.17, 15) is 9.90 Å². The van der Waals surface area contributed by atoms with Gasteiger partial charge in [0.1, 0.15) is 5.60 Å². The van der Waals surface area contributed by atoms with Gasteiger partial charge in [0.15, 0.2) is 6.29 Å². The largest absolute Gasteiger partial charge is 0.460 e. The molecule has 2 aromatic rings. The molecule has 4 atom stereocenters. The van der Waals surface area contributed by atoms with Gasteiger partial charge in [-0.2, -0.15) is 0 Å². The number of rotatable bonds is 8. The Balaban J connectivity index is 1.73. The van der Waals surface area contributed by atoms with Crippen LogP contribution in [0.15, 0.2) is 54.6 Å². The van der Waals surface area contributed by atoms with Crippen LogP contribution in [0.3, 0.4) is 0 Å². The molecule has 1 aliphatic rings. The normalized spacial score (nSPS) is 23.3. The predicted octanol–water partition coefficient (Wildman–Crippen LogP) is 5.12. The average molecular weight is 468 g/mol. The Bertz CT molecular complexity index is 939. The number of piperidine rings is 1. The summed E-state index contributed by atoms with van der Waals surface area (Å²) in [5, 5.41) is 10.1. The summed E-state index contributed by atoms with van der Waals surface area (Å²) < 4.78 is 10.9. The molecule has 3 rings (SSSR count). The number of likely N-dealkylation sites (tertiary alicyclic amines) is 1. The molecule has 1 aliphatic heterocycles. The molecule has 0 saturated carbocycles. The fourth-order valence-corrected chi connectivity index (χ4v) is 4.91. The highest BCUT2D eigenvalue weighted by Crippen LogP contribution is 2.40. The van der Waals surface area contributed by atoms with E-state index in [0.717, 1.165) is 30.6 Å². The van der Waals surface area contributed by atoms with Gasteiger partial charge < -0.3 is 19.5 Å². The van der Waals surface area contributed by atoms with Crippen molar-refractivity contribution >= 4 is 5.97 Å². The number of ether oxygens (including phenoxy) is 2. The van der Waals surface area contributed by atoms with E-state index in [1.165, 1.54) is 12.7 Å². The van der Waals surface area contributed by atoms with E-state index in [4.69, 9.17) is 9.47 Å². The van der Waals surface area contributed by atoms with Crippen LogP contribution in [-0.4, -0.2) is 48.3 Å². The smallest absolute Gasteiger partial charge is 0.311 e. The Morgan fingerprint density at radius 1 is 1.18 bits per heavy atom. The van der Waals surface area contributed by atoms with Crippen LogP contribution >= 0.6 is 0 Å². The van der Waals surface area contributed by atoms with Crippen LogP contribution in [0.2, 0.25) is 0 Å². The van der Waals surface area contributed by atoms with E-state index < -0.39 is 11.9 Å². The number of hydrogen-bond donors (Lipinski definition) is 1. The zero-order valence-electron chi connectivity index (χ0n) is 21.6. The molecule has 5 nitrogen and oxygen atoms in total. The molecule has 2 aromatic carbocycles. The van der Waals surface area contributed by atoms with E-state index >= 15 is 0 Å². The van der Waals surface area contributed by atoms with Gasteiger partial charge in [0.25, 0.3) is 0 Å². The van der Waals surface area contributed by atoms with Crippen LogP contribution in [0.5, 0.6) is 0 Å². The molecular formula is C29H41NO4. The van der Waals surface area contributed by atoms with Crippen LogP contribution in [0.25, 0.3) is 0 Å². The Morgan fingerprint density at radius 3 is 2.50 bits per heavy atom. The molecule has 0 aromatic heterocycles. The van der Waals surface area contributed by atoms with Crippen LogP contribution < -0.4 is 0 Å². The molecule has 1 saturated heterocycles. The average Bonchev–Trinajstić information content (AvgIpc) is 2.80. The third kappa shape index (κ3) is 6.68. The minimum Gasteiger partial charge on any atom is -0.460 e. The van der Waals surface area contributed by atoms with Crippen LogP contribution in [-0.2, 0) is 26.1 Å². The van der Waals surface area contributed by atoms with Gasteiger partial charge in [-0.1, -0.05) is 68.4 Å². The maximum absolute atomic E-state index is 13.1. The Morgan fingerprint density at radius 2 is 1.88 bits per heavy atom. The topological polar surface area (TPSA) is 59.0 Å². The predicted molar refractivity (Wildman–Crippen MR) is 135 cm³/mol. The molecular weight excluding hydrogens is 426 g/mol. The summed E-state index contributed by atoms with van der Waals surface area (Å²) in [5.74, 6) is 0.0455. The van der Waals surface area contributed by atoms with E-state index in [2.05, 4.69) is 43.0 Å². The monoisotopic (exact) mass is 467 g/mol. The summed E-state index contributed by atoms with van der Waals surface area (Å²) in [5.41, 5.74) is 2.64. The first kappa shape index (κ1) is 26.4. The van der Waals surface area contributed by atoms with Crippen molar-refractivity contribution in [3.63, 3.8) is 0 Å². The van der Waals surface area contributed by atoms with E-state index in [1.54, 1.807) is 0 Å². The molecule has 186 valence electrons. The van der Waals surface area contributed by atoms with Crippen molar-refractivity contribution in [2.75, 3.05) is 26.7 Å². The molecule has 1 heterocycles. The maximum atomic E-state index is 13.1. The second-order valence-electron chi connectivity index (χ2n) is 11.0. The van der Waals surface area contributed by atoms with Crippen LogP contribution in [0.1, 0.15) is 64.0 Å². The number of aliphatic hydroxyl groups is 1. The zero-order valence-corrected chi connectivity index (χ0v) is 21.6. The summed E-state index contributed by atoms with van der Waals surface area (Å²) in [6.07, 6.45) is 0.744. The molecule has 0 radical (unpaired) electrons. The number of carbonyl (C=O) groups excluding carboxylic acids is 1. The van der Waals surface area contributed by atoms with Crippen molar-refractivity contribution in [3.05, 3.63) is 71.3 Å². The summed E-state index contributed by atoms with van der Waals surface area (Å²) in [6, 6.07) is 18.3. The molecule has 1 N–H and O–H groups in total. The standard InChI is InChI=1S/C29H41NO4/c1-21-19-30(16-15-29(21,5)25-14-10-13-23(18-25)26(31)33-6)20-24(27(32)34-28(2,3)4)17-22-11-8-7-9-12-22/h7-14,18,21,24,26,31H,15-17,19-20H2,1-6H3/t21-,24-,26?,29+/m0/s1. The number of benzene rings is 2. The van der Waals surface area contributed by atoms with Crippen LogP contribution in [0.4, 0.5) is 0 Å².